The second-order valence-corrected chi connectivity index (χ2v) is 6.56. The second kappa shape index (κ2) is 4.75. The summed E-state index contributed by atoms with van der Waals surface area (Å²) >= 11 is 5.08. The van der Waals surface area contributed by atoms with Crippen LogP contribution in [0.3, 0.4) is 0 Å². The molecule has 0 fully saturated rings. The molecule has 4 N–H and O–H groups in total. The number of benzene rings is 1. The molecule has 0 saturated heterocycles. The van der Waals surface area contributed by atoms with Crippen LogP contribution in [0, 0.1) is 0 Å². The molecule has 98 valence electrons. The number of halogens is 1. The first-order valence-corrected chi connectivity index (χ1v) is 7.13. The number of nitrogens with one attached hydrogen (secondary N) is 2. The zero-order chi connectivity index (χ0) is 13.4. The lowest BCUT2D eigenvalue weighted by Crippen LogP contribution is -2.01. The van der Waals surface area contributed by atoms with Gasteiger partial charge in [-0.2, -0.15) is 0 Å². The minimum absolute atomic E-state index is 0.465. The minimum atomic E-state index is -0.478. The van der Waals surface area contributed by atoms with E-state index in [-0.39, 0.29) is 0 Å². The van der Waals surface area contributed by atoms with Crippen molar-refractivity contribution >= 4 is 49.7 Å². The topological polar surface area (TPSA) is 84.0 Å². The van der Waals surface area contributed by atoms with Crippen molar-refractivity contribution in [2.24, 2.45) is 0 Å². The molecule has 0 saturated carbocycles. The lowest BCUT2D eigenvalue weighted by molar-refractivity contribution is 0.555. The van der Waals surface area contributed by atoms with Gasteiger partial charge in [-0.3, -0.25) is 4.98 Å². The van der Waals surface area contributed by atoms with Crippen molar-refractivity contribution in [3.05, 3.63) is 43.5 Å². The van der Waals surface area contributed by atoms with Crippen LogP contribution in [-0.4, -0.2) is 4.98 Å². The Morgan fingerprint density at radius 1 is 1.42 bits per heavy atom. The van der Waals surface area contributed by atoms with Crippen LogP contribution in [0.4, 0.5) is 11.4 Å². The van der Waals surface area contributed by atoms with Crippen LogP contribution < -0.4 is 16.8 Å². The van der Waals surface area contributed by atoms with Crippen LogP contribution in [0.1, 0.15) is 4.88 Å². The number of H-pyrrole nitrogens is 1. The first-order chi connectivity index (χ1) is 9.11. The van der Waals surface area contributed by atoms with E-state index in [1.165, 1.54) is 4.88 Å². The Kier molecular flexibility index (Phi) is 3.08. The molecule has 0 spiro atoms. The number of thiophene rings is 1. The van der Waals surface area contributed by atoms with Gasteiger partial charge in [0, 0.05) is 17.5 Å². The molecule has 0 radical (unpaired) electrons. The standard InChI is InChI=1S/C12H10BrN3O2S/c13-11-2-1-6(19-11)5-15-8-4-9-10(3-7(8)14)18-12(17)16-9/h1-4,15H,5,14H2,(H,16,17). The van der Waals surface area contributed by atoms with Crippen molar-refractivity contribution in [1.82, 2.24) is 4.98 Å². The Balaban J connectivity index is 1.87. The van der Waals surface area contributed by atoms with Crippen LogP contribution in [0.25, 0.3) is 11.1 Å². The molecule has 5 nitrogen and oxygen atoms in total. The molecule has 19 heavy (non-hydrogen) atoms. The van der Waals surface area contributed by atoms with Gasteiger partial charge < -0.3 is 15.5 Å². The van der Waals surface area contributed by atoms with Crippen LogP contribution in [0.5, 0.6) is 0 Å². The number of anilines is 2. The van der Waals surface area contributed by atoms with Gasteiger partial charge in [0.05, 0.1) is 20.7 Å². The quantitative estimate of drug-likeness (QED) is 0.640. The van der Waals surface area contributed by atoms with Gasteiger partial charge in [0.25, 0.3) is 0 Å². The van der Waals surface area contributed by atoms with E-state index in [1.807, 2.05) is 12.1 Å². The first-order valence-electron chi connectivity index (χ1n) is 5.52. The molecule has 1 aromatic carbocycles. The lowest BCUT2D eigenvalue weighted by atomic mass is 10.2. The number of rotatable bonds is 3. The highest BCUT2D eigenvalue weighted by Crippen LogP contribution is 2.27. The minimum Gasteiger partial charge on any atom is -0.408 e. The van der Waals surface area contributed by atoms with E-state index in [4.69, 9.17) is 10.2 Å². The monoisotopic (exact) mass is 339 g/mol. The number of hydrogen-bond donors (Lipinski definition) is 3. The fraction of sp³-hybridized carbons (Fsp3) is 0.0833. The van der Waals surface area contributed by atoms with E-state index in [2.05, 4.69) is 26.2 Å². The Hall–Kier alpha value is -1.73. The summed E-state index contributed by atoms with van der Waals surface area (Å²) in [7, 11) is 0. The van der Waals surface area contributed by atoms with E-state index in [0.717, 1.165) is 9.47 Å². The molecule has 0 atom stereocenters. The fourth-order valence-electron chi connectivity index (χ4n) is 1.80. The van der Waals surface area contributed by atoms with E-state index in [0.29, 0.717) is 23.3 Å². The van der Waals surface area contributed by atoms with Gasteiger partial charge in [-0.05, 0) is 34.1 Å². The molecular formula is C12H10BrN3O2S. The zero-order valence-corrected chi connectivity index (χ0v) is 12.1. The third-order valence-corrected chi connectivity index (χ3v) is 4.30. The molecular weight excluding hydrogens is 330 g/mol. The summed E-state index contributed by atoms with van der Waals surface area (Å²) < 4.78 is 6.04. The Morgan fingerprint density at radius 3 is 3.00 bits per heavy atom. The van der Waals surface area contributed by atoms with Crippen LogP contribution in [0.15, 0.2) is 37.3 Å². The van der Waals surface area contributed by atoms with Gasteiger partial charge in [-0.1, -0.05) is 0 Å². The summed E-state index contributed by atoms with van der Waals surface area (Å²) in [5.41, 5.74) is 8.34. The Morgan fingerprint density at radius 2 is 2.26 bits per heavy atom. The fourth-order valence-corrected chi connectivity index (χ4v) is 3.22. The maximum Gasteiger partial charge on any atom is 0.417 e. The summed E-state index contributed by atoms with van der Waals surface area (Å²) in [6.45, 7) is 0.675. The highest BCUT2D eigenvalue weighted by atomic mass is 79.9. The molecule has 2 aromatic heterocycles. The summed E-state index contributed by atoms with van der Waals surface area (Å²) in [6.07, 6.45) is 0. The SMILES string of the molecule is Nc1cc2oc(=O)[nH]c2cc1NCc1ccc(Br)s1. The first kappa shape index (κ1) is 12.3. The average molecular weight is 340 g/mol. The maximum atomic E-state index is 11.1. The highest BCUT2D eigenvalue weighted by molar-refractivity contribution is 9.11. The zero-order valence-electron chi connectivity index (χ0n) is 9.70. The average Bonchev–Trinajstić information content (AvgIpc) is 2.91. The third-order valence-electron chi connectivity index (χ3n) is 2.67. The molecule has 0 aliphatic rings. The number of nitrogens with two attached hydrogens (primary N) is 1. The van der Waals surface area contributed by atoms with E-state index in [1.54, 1.807) is 23.5 Å². The maximum absolute atomic E-state index is 11.1. The normalized spacial score (nSPS) is 11.0. The lowest BCUT2D eigenvalue weighted by Gasteiger charge is -2.07. The molecule has 0 bridgehead atoms. The molecule has 0 unspecified atom stereocenters. The van der Waals surface area contributed by atoms with E-state index >= 15 is 0 Å². The van der Waals surface area contributed by atoms with Gasteiger partial charge >= 0.3 is 5.76 Å². The van der Waals surface area contributed by atoms with Crippen LogP contribution in [0.2, 0.25) is 0 Å². The smallest absolute Gasteiger partial charge is 0.408 e. The van der Waals surface area contributed by atoms with Crippen LogP contribution >= 0.6 is 27.3 Å². The summed E-state index contributed by atoms with van der Waals surface area (Å²) in [5.74, 6) is -0.478. The number of aromatic nitrogens is 1. The Bertz CT molecular complexity index is 790. The number of hydrogen-bond acceptors (Lipinski definition) is 5. The number of aromatic amines is 1. The molecule has 0 aliphatic carbocycles. The molecule has 0 aliphatic heterocycles. The number of nitrogen functional groups attached to an aromatic ring is 1. The molecule has 2 heterocycles. The van der Waals surface area contributed by atoms with Gasteiger partial charge in [-0.25, -0.2) is 4.79 Å². The predicted octanol–water partition coefficient (Wildman–Crippen LogP) is 3.14. The Labute approximate surface area is 120 Å². The second-order valence-electron chi connectivity index (χ2n) is 4.01. The summed E-state index contributed by atoms with van der Waals surface area (Å²) in [4.78, 5) is 14.9. The third kappa shape index (κ3) is 2.52. The van der Waals surface area contributed by atoms with Crippen molar-refractivity contribution < 1.29 is 4.42 Å². The summed E-state index contributed by atoms with van der Waals surface area (Å²) in [5, 5.41) is 3.24. The molecule has 3 aromatic rings. The molecule has 7 heteroatoms. The van der Waals surface area contributed by atoms with Gasteiger partial charge in [0.1, 0.15) is 0 Å². The number of oxazole rings is 1. The van der Waals surface area contributed by atoms with Crippen LogP contribution in [-0.2, 0) is 6.54 Å². The summed E-state index contributed by atoms with van der Waals surface area (Å²) in [6, 6.07) is 7.45. The van der Waals surface area contributed by atoms with Gasteiger partial charge in [0.2, 0.25) is 0 Å². The molecule has 3 rings (SSSR count). The van der Waals surface area contributed by atoms with Gasteiger partial charge in [-0.15, -0.1) is 11.3 Å². The predicted molar refractivity (Wildman–Crippen MR) is 80.6 cm³/mol. The van der Waals surface area contributed by atoms with Gasteiger partial charge in [0.15, 0.2) is 5.58 Å². The van der Waals surface area contributed by atoms with Crippen molar-refractivity contribution in [1.29, 1.82) is 0 Å². The van der Waals surface area contributed by atoms with E-state index in [9.17, 15) is 4.79 Å². The van der Waals surface area contributed by atoms with Crippen molar-refractivity contribution in [2.75, 3.05) is 11.1 Å². The van der Waals surface area contributed by atoms with Crippen molar-refractivity contribution in [3.63, 3.8) is 0 Å². The largest absolute Gasteiger partial charge is 0.417 e. The highest BCUT2D eigenvalue weighted by Gasteiger charge is 2.07. The number of fused-ring (bicyclic) bond motifs is 1. The van der Waals surface area contributed by atoms with Crippen molar-refractivity contribution in [2.45, 2.75) is 6.54 Å². The van der Waals surface area contributed by atoms with Crippen molar-refractivity contribution in [3.8, 4) is 0 Å². The van der Waals surface area contributed by atoms with E-state index < -0.39 is 5.76 Å². The molecule has 0 amide bonds.